The minimum absolute atomic E-state index is 0.113. The van der Waals surface area contributed by atoms with E-state index in [4.69, 9.17) is 11.6 Å². The second-order valence-corrected chi connectivity index (χ2v) is 7.28. The van der Waals surface area contributed by atoms with Crippen molar-refractivity contribution in [1.82, 2.24) is 20.3 Å². The molecule has 4 heterocycles. The smallest absolute Gasteiger partial charge is 0.146 e. The van der Waals surface area contributed by atoms with Crippen molar-refractivity contribution in [2.45, 2.75) is 18.8 Å². The van der Waals surface area contributed by atoms with Crippen LogP contribution in [0.3, 0.4) is 0 Å². The molecule has 3 aromatic rings. The van der Waals surface area contributed by atoms with Crippen molar-refractivity contribution in [2.75, 3.05) is 24.5 Å². The Morgan fingerprint density at radius 3 is 3.04 bits per heavy atom. The van der Waals surface area contributed by atoms with Gasteiger partial charge in [-0.1, -0.05) is 11.6 Å². The molecule has 2 aliphatic heterocycles. The van der Waals surface area contributed by atoms with Crippen LogP contribution in [0.5, 0.6) is 0 Å². The third-order valence-corrected chi connectivity index (χ3v) is 5.66. The van der Waals surface area contributed by atoms with Crippen LogP contribution in [0.15, 0.2) is 30.7 Å². The minimum Gasteiger partial charge on any atom is -0.346 e. The van der Waals surface area contributed by atoms with E-state index < -0.39 is 0 Å². The number of hydrogen-bond acceptors (Lipinski definition) is 4. The van der Waals surface area contributed by atoms with Gasteiger partial charge in [0, 0.05) is 35.4 Å². The van der Waals surface area contributed by atoms with Crippen LogP contribution in [0, 0.1) is 6.92 Å². The van der Waals surface area contributed by atoms with E-state index in [0.717, 1.165) is 47.9 Å². The van der Waals surface area contributed by atoms with Gasteiger partial charge in [-0.3, -0.25) is 0 Å². The van der Waals surface area contributed by atoms with E-state index in [-0.39, 0.29) is 5.41 Å². The zero-order chi connectivity index (χ0) is 16.3. The van der Waals surface area contributed by atoms with E-state index >= 15 is 0 Å². The zero-order valence-electron chi connectivity index (χ0n) is 13.4. The van der Waals surface area contributed by atoms with Gasteiger partial charge in [0.05, 0.1) is 5.39 Å². The van der Waals surface area contributed by atoms with Gasteiger partial charge in [0.2, 0.25) is 0 Å². The van der Waals surface area contributed by atoms with Gasteiger partial charge >= 0.3 is 0 Å². The van der Waals surface area contributed by atoms with Gasteiger partial charge in [-0.25, -0.2) is 9.97 Å². The summed E-state index contributed by atoms with van der Waals surface area (Å²) in [6.07, 6.45) is 4.76. The maximum absolute atomic E-state index is 6.31. The third-order valence-electron chi connectivity index (χ3n) is 5.43. The highest BCUT2D eigenvalue weighted by Crippen LogP contribution is 2.48. The lowest BCUT2D eigenvalue weighted by Gasteiger charge is -2.24. The van der Waals surface area contributed by atoms with Crippen LogP contribution < -0.4 is 10.2 Å². The highest BCUT2D eigenvalue weighted by molar-refractivity contribution is 6.30. The lowest BCUT2D eigenvalue weighted by Crippen LogP contribution is -2.34. The average molecular weight is 340 g/mol. The summed E-state index contributed by atoms with van der Waals surface area (Å²) in [6, 6.07) is 6.23. The second-order valence-electron chi connectivity index (χ2n) is 6.85. The summed E-state index contributed by atoms with van der Waals surface area (Å²) < 4.78 is 0. The van der Waals surface area contributed by atoms with Crippen LogP contribution in [0.25, 0.3) is 11.0 Å². The molecule has 1 spiro atoms. The second kappa shape index (κ2) is 4.94. The summed E-state index contributed by atoms with van der Waals surface area (Å²) in [5, 5.41) is 5.42. The Labute approximate surface area is 145 Å². The number of nitrogens with one attached hydrogen (secondary N) is 2. The first kappa shape index (κ1) is 14.3. The SMILES string of the molecule is Cc1c[nH]c2ncnc(N3C[C@]4(CCNC4)c4cc(Cl)ccc43)c12. The number of halogens is 1. The lowest BCUT2D eigenvalue weighted by molar-refractivity contribution is 0.508. The molecule has 1 fully saturated rings. The number of H-pyrrole nitrogens is 1. The summed E-state index contributed by atoms with van der Waals surface area (Å²) in [7, 11) is 0. The topological polar surface area (TPSA) is 56.8 Å². The summed E-state index contributed by atoms with van der Waals surface area (Å²) >= 11 is 6.31. The van der Waals surface area contributed by atoms with Gasteiger partial charge in [0.1, 0.15) is 17.8 Å². The fraction of sp³-hybridized carbons (Fsp3) is 0.333. The molecule has 2 N–H and O–H groups in total. The van der Waals surface area contributed by atoms with Crippen LogP contribution in [0.2, 0.25) is 5.02 Å². The van der Waals surface area contributed by atoms with E-state index in [1.54, 1.807) is 6.33 Å². The van der Waals surface area contributed by atoms with E-state index in [0.29, 0.717) is 0 Å². The molecule has 0 bridgehead atoms. The maximum Gasteiger partial charge on any atom is 0.146 e. The molecule has 2 aromatic heterocycles. The number of nitrogens with zero attached hydrogens (tertiary/aromatic N) is 3. The van der Waals surface area contributed by atoms with Crippen molar-refractivity contribution in [3.05, 3.63) is 46.9 Å². The fourth-order valence-electron chi connectivity index (χ4n) is 4.24. The molecule has 5 nitrogen and oxygen atoms in total. The van der Waals surface area contributed by atoms with Gasteiger partial charge in [-0.2, -0.15) is 0 Å². The number of aromatic nitrogens is 3. The first-order valence-electron chi connectivity index (χ1n) is 8.25. The van der Waals surface area contributed by atoms with Crippen molar-refractivity contribution in [1.29, 1.82) is 0 Å². The first-order chi connectivity index (χ1) is 11.7. The first-order valence-corrected chi connectivity index (χ1v) is 8.63. The van der Waals surface area contributed by atoms with Crippen LogP contribution in [-0.4, -0.2) is 34.6 Å². The Bertz CT molecular complexity index is 942. The van der Waals surface area contributed by atoms with Crippen molar-refractivity contribution in [2.24, 2.45) is 0 Å². The van der Waals surface area contributed by atoms with E-state index in [1.165, 1.54) is 16.8 Å². The van der Waals surface area contributed by atoms with E-state index in [9.17, 15) is 0 Å². The molecule has 1 saturated heterocycles. The Morgan fingerprint density at radius 1 is 1.29 bits per heavy atom. The Kier molecular flexibility index (Phi) is 2.94. The zero-order valence-corrected chi connectivity index (χ0v) is 14.2. The standard InChI is InChI=1S/C18H18ClN5/c1-11-7-21-16-15(11)17(23-10-22-16)24-9-18(4-5-20-8-18)13-6-12(19)2-3-14(13)24/h2-3,6-7,10,20H,4-5,8-9H2,1H3,(H,21,22,23)/t18-/m1/s1. The molecular formula is C18H18ClN5. The number of aromatic amines is 1. The Morgan fingerprint density at radius 2 is 2.21 bits per heavy atom. The third kappa shape index (κ3) is 1.85. The molecule has 1 atom stereocenters. The molecule has 24 heavy (non-hydrogen) atoms. The normalized spacial score (nSPS) is 22.7. The molecule has 122 valence electrons. The van der Waals surface area contributed by atoms with Crippen molar-refractivity contribution < 1.29 is 0 Å². The van der Waals surface area contributed by atoms with Crippen LogP contribution in [0.1, 0.15) is 17.5 Å². The highest BCUT2D eigenvalue weighted by Gasteiger charge is 2.45. The van der Waals surface area contributed by atoms with Gasteiger partial charge in [0.15, 0.2) is 0 Å². The number of anilines is 2. The fourth-order valence-corrected chi connectivity index (χ4v) is 4.41. The predicted molar refractivity (Wildman–Crippen MR) is 96.2 cm³/mol. The molecule has 2 aliphatic rings. The minimum atomic E-state index is 0.113. The van der Waals surface area contributed by atoms with Gasteiger partial charge in [-0.15, -0.1) is 0 Å². The van der Waals surface area contributed by atoms with Crippen LogP contribution in [-0.2, 0) is 5.41 Å². The monoisotopic (exact) mass is 339 g/mol. The summed E-state index contributed by atoms with van der Waals surface area (Å²) in [6.45, 7) is 5.04. The van der Waals surface area contributed by atoms with Crippen molar-refractivity contribution in [3.8, 4) is 0 Å². The van der Waals surface area contributed by atoms with Crippen LogP contribution in [0.4, 0.5) is 11.5 Å². The molecule has 6 heteroatoms. The summed E-state index contributed by atoms with van der Waals surface area (Å²) in [5.74, 6) is 0.978. The summed E-state index contributed by atoms with van der Waals surface area (Å²) in [5.41, 5.74) is 4.71. The van der Waals surface area contributed by atoms with E-state index in [2.05, 4.69) is 44.2 Å². The van der Waals surface area contributed by atoms with Crippen molar-refractivity contribution >= 4 is 34.1 Å². The molecule has 1 aromatic carbocycles. The Hall–Kier alpha value is -2.11. The van der Waals surface area contributed by atoms with Crippen LogP contribution >= 0.6 is 11.6 Å². The molecule has 0 radical (unpaired) electrons. The number of rotatable bonds is 1. The summed E-state index contributed by atoms with van der Waals surface area (Å²) in [4.78, 5) is 14.6. The highest BCUT2D eigenvalue weighted by atomic mass is 35.5. The molecule has 0 unspecified atom stereocenters. The number of benzene rings is 1. The number of aryl methyl sites for hydroxylation is 1. The van der Waals surface area contributed by atoms with Gasteiger partial charge in [0.25, 0.3) is 0 Å². The molecule has 0 aliphatic carbocycles. The molecule has 5 rings (SSSR count). The molecule has 0 saturated carbocycles. The largest absolute Gasteiger partial charge is 0.346 e. The number of fused-ring (bicyclic) bond motifs is 3. The van der Waals surface area contributed by atoms with Gasteiger partial charge in [-0.05, 0) is 49.2 Å². The van der Waals surface area contributed by atoms with Gasteiger partial charge < -0.3 is 15.2 Å². The lowest BCUT2D eigenvalue weighted by atomic mass is 9.82. The number of hydrogen-bond donors (Lipinski definition) is 2. The maximum atomic E-state index is 6.31. The van der Waals surface area contributed by atoms with Crippen molar-refractivity contribution in [3.63, 3.8) is 0 Å². The van der Waals surface area contributed by atoms with E-state index in [1.807, 2.05) is 12.3 Å². The predicted octanol–water partition coefficient (Wildman–Crippen LogP) is 3.30. The Balaban J connectivity index is 1.74. The quantitative estimate of drug-likeness (QED) is 0.714. The molecule has 0 amide bonds. The average Bonchev–Trinajstić information content (AvgIpc) is 3.28. The molecular weight excluding hydrogens is 322 g/mol.